The van der Waals surface area contributed by atoms with Crippen molar-refractivity contribution in [3.05, 3.63) is 29.8 Å². The van der Waals surface area contributed by atoms with Crippen LogP contribution in [0.2, 0.25) is 0 Å². The van der Waals surface area contributed by atoms with Gasteiger partial charge in [0.05, 0.1) is 22.3 Å². The molecule has 1 aliphatic rings. The number of hydrogen-bond donors (Lipinski definition) is 0. The number of nitriles is 1. The molecular weight excluding hydrogens is 294 g/mol. The first-order valence-electron chi connectivity index (χ1n) is 6.63. The third kappa shape index (κ3) is 3.68. The zero-order chi connectivity index (χ0) is 14.6. The minimum Gasteiger partial charge on any atom is -0.259 e. The molecule has 0 N–H and O–H groups in total. The molecule has 2 rings (SSSR count). The Morgan fingerprint density at radius 2 is 1.80 bits per heavy atom. The van der Waals surface area contributed by atoms with Gasteiger partial charge in [-0.3, -0.25) is 4.21 Å². The molecule has 0 bridgehead atoms. The molecule has 0 amide bonds. The maximum absolute atomic E-state index is 12.1. The van der Waals surface area contributed by atoms with Crippen LogP contribution in [0.25, 0.3) is 0 Å². The van der Waals surface area contributed by atoms with E-state index in [1.807, 2.05) is 6.07 Å². The second kappa shape index (κ2) is 6.51. The second-order valence-electron chi connectivity index (χ2n) is 4.95. The molecule has 1 atom stereocenters. The normalized spacial score (nSPS) is 17.8. The van der Waals surface area contributed by atoms with Gasteiger partial charge in [-0.25, -0.2) is 8.42 Å². The molecular formula is C14H17NO3S2. The Labute approximate surface area is 122 Å². The van der Waals surface area contributed by atoms with Crippen molar-refractivity contribution in [2.45, 2.75) is 35.8 Å². The number of hydrogen-bond acceptors (Lipinski definition) is 4. The molecule has 1 aromatic carbocycles. The summed E-state index contributed by atoms with van der Waals surface area (Å²) in [5.41, 5.74) is 0.429. The van der Waals surface area contributed by atoms with Crippen LogP contribution in [-0.2, 0) is 20.6 Å². The van der Waals surface area contributed by atoms with Gasteiger partial charge in [0, 0.05) is 21.8 Å². The average molecular weight is 311 g/mol. The van der Waals surface area contributed by atoms with E-state index >= 15 is 0 Å². The largest absolute Gasteiger partial charge is 0.259 e. The summed E-state index contributed by atoms with van der Waals surface area (Å²) < 4.78 is 36.3. The fraction of sp³-hybridized carbons (Fsp3) is 0.500. The van der Waals surface area contributed by atoms with Crippen molar-refractivity contribution in [2.24, 2.45) is 0 Å². The molecule has 108 valence electrons. The van der Waals surface area contributed by atoms with E-state index in [4.69, 9.17) is 5.26 Å². The number of benzene rings is 1. The zero-order valence-corrected chi connectivity index (χ0v) is 12.8. The quantitative estimate of drug-likeness (QED) is 0.834. The molecule has 1 saturated carbocycles. The summed E-state index contributed by atoms with van der Waals surface area (Å²) >= 11 is 0. The van der Waals surface area contributed by atoms with Gasteiger partial charge >= 0.3 is 0 Å². The standard InChI is InChI=1S/C14H17NO3S2/c15-11-12-5-7-14(8-6-12)20(17,18)10-9-19(16)13-3-1-2-4-13/h5-8,13H,1-4,9-10H2. The van der Waals surface area contributed by atoms with Gasteiger partial charge in [-0.2, -0.15) is 5.26 Å². The molecule has 0 aromatic heterocycles. The molecule has 1 fully saturated rings. The molecule has 0 spiro atoms. The van der Waals surface area contributed by atoms with Gasteiger partial charge in [-0.05, 0) is 37.1 Å². The molecule has 0 saturated heterocycles. The first kappa shape index (κ1) is 15.2. The highest BCUT2D eigenvalue weighted by molar-refractivity contribution is 7.93. The van der Waals surface area contributed by atoms with Crippen LogP contribution in [0.3, 0.4) is 0 Å². The number of nitrogens with zero attached hydrogens (tertiary/aromatic N) is 1. The molecule has 4 nitrogen and oxygen atoms in total. The lowest BCUT2D eigenvalue weighted by Gasteiger charge is -2.09. The highest BCUT2D eigenvalue weighted by Gasteiger charge is 2.23. The van der Waals surface area contributed by atoms with Crippen LogP contribution in [0.15, 0.2) is 29.2 Å². The second-order valence-corrected chi connectivity index (χ2v) is 8.89. The fourth-order valence-corrected chi connectivity index (χ4v) is 5.88. The fourth-order valence-electron chi connectivity index (χ4n) is 2.36. The van der Waals surface area contributed by atoms with Crippen LogP contribution in [0, 0.1) is 11.3 Å². The highest BCUT2D eigenvalue weighted by Crippen LogP contribution is 2.23. The molecule has 1 aromatic rings. The number of rotatable bonds is 5. The summed E-state index contributed by atoms with van der Waals surface area (Å²) in [4.78, 5) is 0.194. The van der Waals surface area contributed by atoms with Gasteiger partial charge in [0.2, 0.25) is 0 Å². The van der Waals surface area contributed by atoms with Gasteiger partial charge in [-0.15, -0.1) is 0 Å². The monoisotopic (exact) mass is 311 g/mol. The van der Waals surface area contributed by atoms with Crippen molar-refractivity contribution in [2.75, 3.05) is 11.5 Å². The average Bonchev–Trinajstić information content (AvgIpc) is 2.99. The summed E-state index contributed by atoms with van der Waals surface area (Å²) in [5.74, 6) is 0.106. The van der Waals surface area contributed by atoms with Crippen molar-refractivity contribution in [3.63, 3.8) is 0 Å². The van der Waals surface area contributed by atoms with Crippen molar-refractivity contribution >= 4 is 20.6 Å². The Morgan fingerprint density at radius 3 is 2.35 bits per heavy atom. The lowest BCUT2D eigenvalue weighted by atomic mass is 10.2. The highest BCUT2D eigenvalue weighted by atomic mass is 32.2. The van der Waals surface area contributed by atoms with Crippen LogP contribution in [0.4, 0.5) is 0 Å². The smallest absolute Gasteiger partial charge is 0.179 e. The molecule has 0 heterocycles. The van der Waals surface area contributed by atoms with Crippen LogP contribution in [0.1, 0.15) is 31.2 Å². The van der Waals surface area contributed by atoms with Gasteiger partial charge in [0.1, 0.15) is 0 Å². The van der Waals surface area contributed by atoms with Crippen molar-refractivity contribution in [1.82, 2.24) is 0 Å². The van der Waals surface area contributed by atoms with Gasteiger partial charge < -0.3 is 0 Å². The van der Waals surface area contributed by atoms with E-state index in [1.54, 1.807) is 0 Å². The maximum atomic E-state index is 12.1. The van der Waals surface area contributed by atoms with E-state index in [-0.39, 0.29) is 21.7 Å². The molecule has 0 aliphatic heterocycles. The summed E-state index contributed by atoms with van der Waals surface area (Å²) in [7, 11) is -4.47. The predicted molar refractivity (Wildman–Crippen MR) is 78.5 cm³/mol. The van der Waals surface area contributed by atoms with Crippen molar-refractivity contribution < 1.29 is 12.6 Å². The van der Waals surface area contributed by atoms with E-state index in [9.17, 15) is 12.6 Å². The van der Waals surface area contributed by atoms with Crippen LogP contribution < -0.4 is 0 Å². The van der Waals surface area contributed by atoms with Crippen LogP contribution in [0.5, 0.6) is 0 Å². The molecule has 0 radical (unpaired) electrons. The summed E-state index contributed by atoms with van der Waals surface area (Å²) in [5, 5.41) is 8.86. The summed E-state index contributed by atoms with van der Waals surface area (Å²) in [6.45, 7) is 0. The van der Waals surface area contributed by atoms with E-state index < -0.39 is 20.6 Å². The lowest BCUT2D eigenvalue weighted by Crippen LogP contribution is -2.20. The first-order chi connectivity index (χ1) is 9.53. The Balaban J connectivity index is 1.99. The predicted octanol–water partition coefficient (Wildman–Crippen LogP) is 2.02. The molecule has 20 heavy (non-hydrogen) atoms. The Hall–Kier alpha value is -1.19. The van der Waals surface area contributed by atoms with Gasteiger partial charge in [0.25, 0.3) is 0 Å². The third-order valence-corrected chi connectivity index (χ3v) is 7.38. The van der Waals surface area contributed by atoms with E-state index in [1.165, 1.54) is 24.3 Å². The zero-order valence-electron chi connectivity index (χ0n) is 11.1. The third-order valence-electron chi connectivity index (χ3n) is 3.57. The summed E-state index contributed by atoms with van der Waals surface area (Å²) in [6, 6.07) is 7.80. The molecule has 1 aliphatic carbocycles. The first-order valence-corrected chi connectivity index (χ1v) is 9.66. The molecule has 6 heteroatoms. The Bertz CT molecular complexity index is 623. The van der Waals surface area contributed by atoms with E-state index in [0.29, 0.717) is 5.56 Å². The lowest BCUT2D eigenvalue weighted by molar-refractivity contribution is 0.596. The van der Waals surface area contributed by atoms with Gasteiger partial charge in [-0.1, -0.05) is 12.8 Å². The maximum Gasteiger partial charge on any atom is 0.179 e. The van der Waals surface area contributed by atoms with Crippen LogP contribution in [-0.4, -0.2) is 29.4 Å². The SMILES string of the molecule is N#Cc1ccc(S(=O)(=O)CCS(=O)C2CCCC2)cc1. The topological polar surface area (TPSA) is 75.0 Å². The minimum atomic E-state index is -3.41. The van der Waals surface area contributed by atoms with Crippen molar-refractivity contribution in [3.8, 4) is 6.07 Å². The van der Waals surface area contributed by atoms with Gasteiger partial charge in [0.15, 0.2) is 9.84 Å². The summed E-state index contributed by atoms with van der Waals surface area (Å²) in [6.07, 6.45) is 4.09. The van der Waals surface area contributed by atoms with Crippen LogP contribution >= 0.6 is 0 Å². The van der Waals surface area contributed by atoms with E-state index in [0.717, 1.165) is 25.7 Å². The minimum absolute atomic E-state index is 0.0952. The van der Waals surface area contributed by atoms with E-state index in [2.05, 4.69) is 0 Å². The van der Waals surface area contributed by atoms with Crippen molar-refractivity contribution in [1.29, 1.82) is 5.26 Å². The number of sulfone groups is 1. The Morgan fingerprint density at radius 1 is 1.20 bits per heavy atom. The molecule has 1 unspecified atom stereocenters. The Kier molecular flexibility index (Phi) is 4.95.